The van der Waals surface area contributed by atoms with Crippen molar-refractivity contribution in [3.8, 4) is 5.75 Å². The van der Waals surface area contributed by atoms with Gasteiger partial charge in [0, 0.05) is 12.7 Å². The summed E-state index contributed by atoms with van der Waals surface area (Å²) in [7, 11) is 1.73. The van der Waals surface area contributed by atoms with Crippen molar-refractivity contribution in [3.05, 3.63) is 64.6 Å². The zero-order valence-electron chi connectivity index (χ0n) is 17.7. The molecule has 0 amide bonds. The first-order chi connectivity index (χ1) is 15.2. The maximum atomic E-state index is 10.6. The molecule has 2 aromatic rings. The summed E-state index contributed by atoms with van der Waals surface area (Å²) in [5.74, 6) is 2.50. The van der Waals surface area contributed by atoms with Crippen LogP contribution in [-0.4, -0.2) is 12.7 Å². The van der Waals surface area contributed by atoms with Crippen LogP contribution in [-0.2, 0) is 26.9 Å². The summed E-state index contributed by atoms with van der Waals surface area (Å²) in [6.07, 6.45) is 6.23. The number of ether oxygens (including phenoxy) is 2. The molecule has 1 saturated heterocycles. The largest absolute Gasteiger partial charge is 0.489 e. The van der Waals surface area contributed by atoms with Gasteiger partial charge in [-0.3, -0.25) is 0 Å². The van der Waals surface area contributed by atoms with Crippen molar-refractivity contribution in [2.45, 2.75) is 50.1 Å². The van der Waals surface area contributed by atoms with Gasteiger partial charge in [0.15, 0.2) is 5.60 Å². The Balaban J connectivity index is 1.27. The van der Waals surface area contributed by atoms with Gasteiger partial charge in [0.1, 0.15) is 18.0 Å². The zero-order valence-corrected chi connectivity index (χ0v) is 17.7. The molecule has 1 unspecified atom stereocenters. The molecular formula is C25H27NO5. The van der Waals surface area contributed by atoms with E-state index in [0.717, 1.165) is 28.7 Å². The first-order valence-corrected chi connectivity index (χ1v) is 11.2. The highest BCUT2D eigenvalue weighted by molar-refractivity contribution is 5.39. The number of hydrogen-bond acceptors (Lipinski definition) is 6. The van der Waals surface area contributed by atoms with E-state index in [-0.39, 0.29) is 0 Å². The van der Waals surface area contributed by atoms with Crippen LogP contribution in [0.1, 0.15) is 43.2 Å². The van der Waals surface area contributed by atoms with Gasteiger partial charge >= 0.3 is 0 Å². The fourth-order valence-corrected chi connectivity index (χ4v) is 6.97. The molecule has 1 atom stereocenters. The van der Waals surface area contributed by atoms with Crippen LogP contribution in [0.25, 0.3) is 0 Å². The van der Waals surface area contributed by atoms with Crippen molar-refractivity contribution in [1.29, 1.82) is 0 Å². The fraction of sp³-hybridized carbons (Fsp3) is 0.520. The summed E-state index contributed by atoms with van der Waals surface area (Å²) in [5.41, 5.74) is 1.94. The smallest absolute Gasteiger partial charge is 0.260 e. The first-order valence-electron chi connectivity index (χ1n) is 11.2. The minimum atomic E-state index is -0.883. The third kappa shape index (κ3) is 2.75. The Morgan fingerprint density at radius 2 is 1.68 bits per heavy atom. The quantitative estimate of drug-likeness (QED) is 0.447. The van der Waals surface area contributed by atoms with Crippen molar-refractivity contribution in [2.75, 3.05) is 7.11 Å². The SMILES string of the molecule is COC1(c2cccc(OCc3ccc(N=O)cc3)c2)OOC12C1CC3CC(C1)CC2C3. The molecule has 4 aliphatic carbocycles. The molecule has 5 fully saturated rings. The van der Waals surface area contributed by atoms with E-state index >= 15 is 0 Å². The maximum absolute atomic E-state index is 10.6. The highest BCUT2D eigenvalue weighted by Gasteiger charge is 2.76. The van der Waals surface area contributed by atoms with Crippen molar-refractivity contribution in [3.63, 3.8) is 0 Å². The standard InChI is InChI=1S/C25H27NO5/c1-28-25(24(30-31-25)20-10-17-9-18(12-20)13-21(24)11-17)19-3-2-4-23(14-19)29-15-16-5-7-22(26-27)8-6-16/h2-8,14,17-18,20-21H,9-13,15H2,1H3. The zero-order chi connectivity index (χ0) is 21.1. The van der Waals surface area contributed by atoms with Gasteiger partial charge < -0.3 is 9.47 Å². The summed E-state index contributed by atoms with van der Waals surface area (Å²) >= 11 is 0. The molecule has 0 aromatic heterocycles. The van der Waals surface area contributed by atoms with Crippen LogP contribution in [0.3, 0.4) is 0 Å². The van der Waals surface area contributed by atoms with Gasteiger partial charge in [-0.25, -0.2) is 4.89 Å². The third-order valence-electron chi connectivity index (χ3n) is 8.11. The lowest BCUT2D eigenvalue weighted by Gasteiger charge is -2.68. The molecule has 1 heterocycles. The summed E-state index contributed by atoms with van der Waals surface area (Å²) in [6, 6.07) is 15.1. The van der Waals surface area contributed by atoms with E-state index in [2.05, 4.69) is 11.2 Å². The van der Waals surface area contributed by atoms with Gasteiger partial charge in [-0.15, -0.1) is 4.91 Å². The highest BCUT2D eigenvalue weighted by atomic mass is 17.3. The van der Waals surface area contributed by atoms with E-state index in [4.69, 9.17) is 19.2 Å². The molecule has 4 saturated carbocycles. The van der Waals surface area contributed by atoms with Crippen LogP contribution in [0, 0.1) is 28.6 Å². The van der Waals surface area contributed by atoms with Gasteiger partial charge in [0.05, 0.1) is 0 Å². The Labute approximate surface area is 181 Å². The van der Waals surface area contributed by atoms with Crippen LogP contribution >= 0.6 is 0 Å². The molecular weight excluding hydrogens is 394 g/mol. The van der Waals surface area contributed by atoms with E-state index in [0.29, 0.717) is 24.1 Å². The predicted octanol–water partition coefficient (Wildman–Crippen LogP) is 5.62. The topological polar surface area (TPSA) is 66.4 Å². The molecule has 0 N–H and O–H groups in total. The molecule has 6 nitrogen and oxygen atoms in total. The van der Waals surface area contributed by atoms with E-state index in [1.54, 1.807) is 19.2 Å². The van der Waals surface area contributed by atoms with Gasteiger partial charge in [-0.2, -0.15) is 4.89 Å². The fourth-order valence-electron chi connectivity index (χ4n) is 6.97. The van der Waals surface area contributed by atoms with Gasteiger partial charge in [-0.1, -0.05) is 24.3 Å². The lowest BCUT2D eigenvalue weighted by molar-refractivity contribution is -0.645. The molecule has 0 radical (unpaired) electrons. The summed E-state index contributed by atoms with van der Waals surface area (Å²) in [5, 5.41) is 2.94. The number of benzene rings is 2. The lowest BCUT2D eigenvalue weighted by atomic mass is 9.47. The Bertz CT molecular complexity index is 958. The normalized spacial score (nSPS) is 37.6. The third-order valence-corrected chi connectivity index (χ3v) is 8.11. The maximum Gasteiger partial charge on any atom is 0.260 e. The van der Waals surface area contributed by atoms with Gasteiger partial charge in [-0.05, 0) is 90.8 Å². The predicted molar refractivity (Wildman–Crippen MR) is 113 cm³/mol. The molecule has 162 valence electrons. The summed E-state index contributed by atoms with van der Waals surface area (Å²) < 4.78 is 12.2. The van der Waals surface area contributed by atoms with Crippen LogP contribution in [0.2, 0.25) is 0 Å². The van der Waals surface area contributed by atoms with Crippen molar-refractivity contribution >= 4 is 5.69 Å². The van der Waals surface area contributed by atoms with Crippen molar-refractivity contribution in [1.82, 2.24) is 0 Å². The molecule has 31 heavy (non-hydrogen) atoms. The monoisotopic (exact) mass is 421 g/mol. The second-order valence-corrected chi connectivity index (χ2v) is 9.66. The average molecular weight is 421 g/mol. The second-order valence-electron chi connectivity index (χ2n) is 9.66. The number of nitroso groups, excluding NO2 is 1. The minimum absolute atomic E-state index is 0.397. The molecule has 1 aliphatic heterocycles. The lowest BCUT2D eigenvalue weighted by Crippen LogP contribution is -2.76. The van der Waals surface area contributed by atoms with Crippen LogP contribution < -0.4 is 4.74 Å². The number of rotatable bonds is 6. The Morgan fingerprint density at radius 3 is 2.26 bits per heavy atom. The molecule has 1 spiro atoms. The highest BCUT2D eigenvalue weighted by Crippen LogP contribution is 2.69. The van der Waals surface area contributed by atoms with E-state index in [1.807, 2.05) is 30.3 Å². The van der Waals surface area contributed by atoms with Crippen molar-refractivity contribution in [2.24, 2.45) is 28.8 Å². The van der Waals surface area contributed by atoms with E-state index in [1.165, 1.54) is 32.1 Å². The minimum Gasteiger partial charge on any atom is -0.489 e. The Morgan fingerprint density at radius 1 is 0.968 bits per heavy atom. The van der Waals surface area contributed by atoms with Crippen LogP contribution in [0.4, 0.5) is 5.69 Å². The molecule has 7 rings (SSSR count). The number of hydrogen-bond donors (Lipinski definition) is 0. The molecule has 2 aromatic carbocycles. The van der Waals surface area contributed by atoms with Crippen molar-refractivity contribution < 1.29 is 19.2 Å². The first kappa shape index (κ1) is 19.4. The number of methoxy groups -OCH3 is 1. The van der Waals surface area contributed by atoms with Gasteiger partial charge in [0.25, 0.3) is 5.79 Å². The Kier molecular flexibility index (Phi) is 4.46. The molecule has 6 heteroatoms. The second kappa shape index (κ2) is 7.12. The molecule has 4 bridgehead atoms. The van der Waals surface area contributed by atoms with E-state index < -0.39 is 11.4 Å². The van der Waals surface area contributed by atoms with Crippen LogP contribution in [0.5, 0.6) is 5.75 Å². The van der Waals surface area contributed by atoms with E-state index in [9.17, 15) is 4.91 Å². The average Bonchev–Trinajstić information content (AvgIpc) is 2.78. The summed E-state index contributed by atoms with van der Waals surface area (Å²) in [6.45, 7) is 0.402. The Hall–Kier alpha value is -2.28. The molecule has 5 aliphatic rings. The van der Waals surface area contributed by atoms with Crippen LogP contribution in [0.15, 0.2) is 53.7 Å². The summed E-state index contributed by atoms with van der Waals surface area (Å²) in [4.78, 5) is 22.5. The van der Waals surface area contributed by atoms with Gasteiger partial charge in [0.2, 0.25) is 0 Å². The number of nitrogens with zero attached hydrogens (tertiary/aromatic N) is 1.